The third kappa shape index (κ3) is 1.58. The zero-order chi connectivity index (χ0) is 9.43. The number of rotatable bonds is 2. The van der Waals surface area contributed by atoms with Gasteiger partial charge in [0.15, 0.2) is 5.79 Å². The van der Waals surface area contributed by atoms with Gasteiger partial charge < -0.3 is 14.8 Å². The Hall–Kier alpha value is -0.120. The first kappa shape index (κ1) is 9.13. The molecule has 1 unspecified atom stereocenters. The fourth-order valence-corrected chi connectivity index (χ4v) is 2.77. The number of piperidine rings is 1. The molecule has 1 spiro atoms. The molecule has 3 nitrogen and oxygen atoms in total. The second-order valence-electron chi connectivity index (χ2n) is 4.84. The standard InChI is InChI=1S/C11H19NO2/c1-2-9(1)7-10-8-12-4-3-11(10)13-5-6-14-11/h9-10,12H,1-8H2. The van der Waals surface area contributed by atoms with Crippen molar-refractivity contribution in [2.45, 2.75) is 31.5 Å². The summed E-state index contributed by atoms with van der Waals surface area (Å²) in [5.74, 6) is 1.35. The number of hydrogen-bond donors (Lipinski definition) is 1. The van der Waals surface area contributed by atoms with E-state index in [4.69, 9.17) is 9.47 Å². The topological polar surface area (TPSA) is 30.5 Å². The predicted molar refractivity (Wildman–Crippen MR) is 53.0 cm³/mol. The molecular formula is C11H19NO2. The van der Waals surface area contributed by atoms with Crippen molar-refractivity contribution < 1.29 is 9.47 Å². The smallest absolute Gasteiger partial charge is 0.173 e. The van der Waals surface area contributed by atoms with E-state index in [0.717, 1.165) is 38.6 Å². The third-order valence-corrected chi connectivity index (χ3v) is 3.75. The highest BCUT2D eigenvalue weighted by Gasteiger charge is 2.47. The molecular weight excluding hydrogens is 178 g/mol. The number of ether oxygens (including phenoxy) is 2. The van der Waals surface area contributed by atoms with Crippen molar-refractivity contribution >= 4 is 0 Å². The van der Waals surface area contributed by atoms with E-state index >= 15 is 0 Å². The third-order valence-electron chi connectivity index (χ3n) is 3.75. The van der Waals surface area contributed by atoms with Gasteiger partial charge in [0.1, 0.15) is 0 Å². The normalized spacial score (nSPS) is 36.4. The van der Waals surface area contributed by atoms with Crippen molar-refractivity contribution in [2.24, 2.45) is 11.8 Å². The molecule has 3 fully saturated rings. The van der Waals surface area contributed by atoms with Gasteiger partial charge in [0.05, 0.1) is 13.2 Å². The zero-order valence-corrected chi connectivity index (χ0v) is 8.63. The fraction of sp³-hybridized carbons (Fsp3) is 1.00. The summed E-state index contributed by atoms with van der Waals surface area (Å²) in [5, 5.41) is 3.46. The molecule has 0 aromatic heterocycles. The van der Waals surface area contributed by atoms with Crippen molar-refractivity contribution in [1.82, 2.24) is 5.32 Å². The minimum atomic E-state index is -0.201. The first-order valence-corrected chi connectivity index (χ1v) is 5.88. The van der Waals surface area contributed by atoms with Gasteiger partial charge in [-0.1, -0.05) is 12.8 Å². The van der Waals surface area contributed by atoms with Crippen LogP contribution in [0, 0.1) is 11.8 Å². The van der Waals surface area contributed by atoms with Crippen molar-refractivity contribution in [1.29, 1.82) is 0 Å². The lowest BCUT2D eigenvalue weighted by atomic mass is 9.87. The summed E-state index contributed by atoms with van der Waals surface area (Å²) >= 11 is 0. The Bertz CT molecular complexity index is 209. The van der Waals surface area contributed by atoms with Crippen LogP contribution in [0.15, 0.2) is 0 Å². The van der Waals surface area contributed by atoms with Crippen LogP contribution in [0.3, 0.4) is 0 Å². The highest BCUT2D eigenvalue weighted by Crippen LogP contribution is 2.43. The van der Waals surface area contributed by atoms with Crippen LogP contribution < -0.4 is 5.32 Å². The first-order valence-electron chi connectivity index (χ1n) is 5.88. The van der Waals surface area contributed by atoms with Crippen LogP contribution >= 0.6 is 0 Å². The molecule has 0 aromatic carbocycles. The van der Waals surface area contributed by atoms with E-state index in [-0.39, 0.29) is 5.79 Å². The molecule has 3 aliphatic rings. The summed E-state index contributed by atoms with van der Waals surface area (Å²) in [6, 6.07) is 0. The predicted octanol–water partition coefficient (Wildman–Crippen LogP) is 1.14. The van der Waals surface area contributed by atoms with Crippen molar-refractivity contribution in [2.75, 3.05) is 26.3 Å². The summed E-state index contributed by atoms with van der Waals surface area (Å²) in [7, 11) is 0. The molecule has 1 N–H and O–H groups in total. The molecule has 0 aromatic rings. The molecule has 80 valence electrons. The summed E-state index contributed by atoms with van der Waals surface area (Å²) in [6.45, 7) is 3.71. The lowest BCUT2D eigenvalue weighted by molar-refractivity contribution is -0.209. The van der Waals surface area contributed by atoms with Gasteiger partial charge in [0.2, 0.25) is 0 Å². The molecule has 0 amide bonds. The number of nitrogens with one attached hydrogen (secondary N) is 1. The van der Waals surface area contributed by atoms with Crippen LogP contribution in [0.4, 0.5) is 0 Å². The van der Waals surface area contributed by atoms with Gasteiger partial charge in [-0.25, -0.2) is 0 Å². The second kappa shape index (κ2) is 3.47. The maximum atomic E-state index is 5.86. The number of hydrogen-bond acceptors (Lipinski definition) is 3. The molecule has 1 saturated carbocycles. The first-order chi connectivity index (χ1) is 6.89. The van der Waals surface area contributed by atoms with Gasteiger partial charge in [-0.2, -0.15) is 0 Å². The van der Waals surface area contributed by atoms with Crippen LogP contribution in [0.1, 0.15) is 25.7 Å². The van der Waals surface area contributed by atoms with Crippen LogP contribution in [0.5, 0.6) is 0 Å². The van der Waals surface area contributed by atoms with E-state index < -0.39 is 0 Å². The molecule has 3 rings (SSSR count). The molecule has 2 saturated heterocycles. The molecule has 3 heteroatoms. The Balaban J connectivity index is 1.70. The molecule has 0 bridgehead atoms. The maximum Gasteiger partial charge on any atom is 0.173 e. The van der Waals surface area contributed by atoms with E-state index in [1.54, 1.807) is 0 Å². The molecule has 2 heterocycles. The summed E-state index contributed by atoms with van der Waals surface area (Å²) in [4.78, 5) is 0. The molecule has 0 radical (unpaired) electrons. The Morgan fingerprint density at radius 3 is 2.71 bits per heavy atom. The minimum Gasteiger partial charge on any atom is -0.347 e. The van der Waals surface area contributed by atoms with Gasteiger partial charge in [-0.3, -0.25) is 0 Å². The van der Waals surface area contributed by atoms with E-state index in [0.29, 0.717) is 5.92 Å². The van der Waals surface area contributed by atoms with Gasteiger partial charge in [0, 0.05) is 25.4 Å². The van der Waals surface area contributed by atoms with E-state index in [2.05, 4.69) is 5.32 Å². The summed E-state index contributed by atoms with van der Waals surface area (Å²) < 4.78 is 11.7. The Morgan fingerprint density at radius 2 is 2.00 bits per heavy atom. The molecule has 14 heavy (non-hydrogen) atoms. The van der Waals surface area contributed by atoms with Crippen LogP contribution in [0.2, 0.25) is 0 Å². The Morgan fingerprint density at radius 1 is 1.21 bits per heavy atom. The van der Waals surface area contributed by atoms with E-state index in [1.807, 2.05) is 0 Å². The monoisotopic (exact) mass is 197 g/mol. The highest BCUT2D eigenvalue weighted by atomic mass is 16.7. The largest absolute Gasteiger partial charge is 0.347 e. The average molecular weight is 197 g/mol. The van der Waals surface area contributed by atoms with Gasteiger partial charge in [-0.05, 0) is 12.3 Å². The molecule has 2 aliphatic heterocycles. The second-order valence-corrected chi connectivity index (χ2v) is 4.84. The average Bonchev–Trinajstić information content (AvgIpc) is 2.90. The quantitative estimate of drug-likeness (QED) is 0.720. The van der Waals surface area contributed by atoms with Crippen LogP contribution in [0.25, 0.3) is 0 Å². The Kier molecular flexibility index (Phi) is 2.26. The highest BCUT2D eigenvalue weighted by molar-refractivity contribution is 4.92. The Labute approximate surface area is 85.1 Å². The summed E-state index contributed by atoms with van der Waals surface area (Å²) in [5.41, 5.74) is 0. The van der Waals surface area contributed by atoms with Crippen LogP contribution in [-0.2, 0) is 9.47 Å². The SMILES string of the molecule is C1CC2(OCCO2)C(CC2CC2)CN1. The van der Waals surface area contributed by atoms with Gasteiger partial charge >= 0.3 is 0 Å². The maximum absolute atomic E-state index is 5.86. The lowest BCUT2D eigenvalue weighted by Crippen LogP contribution is -2.51. The fourth-order valence-electron chi connectivity index (χ4n) is 2.77. The van der Waals surface area contributed by atoms with E-state index in [9.17, 15) is 0 Å². The minimum absolute atomic E-state index is 0.201. The van der Waals surface area contributed by atoms with Crippen molar-refractivity contribution in [3.63, 3.8) is 0 Å². The lowest BCUT2D eigenvalue weighted by Gasteiger charge is -2.39. The van der Waals surface area contributed by atoms with Gasteiger partial charge in [-0.15, -0.1) is 0 Å². The van der Waals surface area contributed by atoms with Crippen LogP contribution in [-0.4, -0.2) is 32.1 Å². The van der Waals surface area contributed by atoms with Gasteiger partial charge in [0.25, 0.3) is 0 Å². The van der Waals surface area contributed by atoms with Crippen molar-refractivity contribution in [3.8, 4) is 0 Å². The molecule has 1 atom stereocenters. The zero-order valence-electron chi connectivity index (χ0n) is 8.63. The summed E-state index contributed by atoms with van der Waals surface area (Å²) in [6.07, 6.45) is 5.18. The van der Waals surface area contributed by atoms with E-state index in [1.165, 1.54) is 19.3 Å². The molecule has 1 aliphatic carbocycles. The van der Waals surface area contributed by atoms with Crippen molar-refractivity contribution in [3.05, 3.63) is 0 Å².